The zero-order valence-corrected chi connectivity index (χ0v) is 39.2. The SMILES string of the molecule is C=CCO[C@@]12Oc3ccc(OC(=O)Nc4ccc(OC)cc4OC)cc3[C@H]3[C@H](CCCCO)[C@@H](CCCCO)C=C(C(=NOC(C)(C)C)C[C@@H]1N(CCC)C(=O)Oc1ccc([N+](=O)[O-])cc1)[C@H]32. The fourth-order valence-electron chi connectivity index (χ4n) is 9.46. The second kappa shape index (κ2) is 22.5. The highest BCUT2D eigenvalue weighted by Gasteiger charge is 2.65. The molecule has 3 aliphatic rings. The van der Waals surface area contributed by atoms with Crippen LogP contribution in [0.4, 0.5) is 21.0 Å². The zero-order chi connectivity index (χ0) is 48.3. The highest BCUT2D eigenvalue weighted by atomic mass is 16.7. The Hall–Kier alpha value is -6.17. The lowest BCUT2D eigenvalue weighted by Gasteiger charge is -2.60. The fraction of sp³-hybridized carbons (Fsp3) is 0.500. The molecule has 6 atom stereocenters. The Bertz CT molecular complexity index is 2280. The number of nitro groups is 1. The summed E-state index contributed by atoms with van der Waals surface area (Å²) in [6.07, 6.45) is 7.05. The largest absolute Gasteiger partial charge is 0.497 e. The number of hydrogen-bond donors (Lipinski definition) is 3. The van der Waals surface area contributed by atoms with Gasteiger partial charge in [-0.3, -0.25) is 20.3 Å². The van der Waals surface area contributed by atoms with Gasteiger partial charge in [0, 0.05) is 55.9 Å². The number of methoxy groups -OCH3 is 2. The average Bonchev–Trinajstić information content (AvgIpc) is 3.30. The Kier molecular flexibility index (Phi) is 16.9. The third-order valence-electron chi connectivity index (χ3n) is 12.3. The molecule has 1 saturated carbocycles. The van der Waals surface area contributed by atoms with Gasteiger partial charge in [0.2, 0.25) is 5.79 Å². The van der Waals surface area contributed by atoms with Crippen molar-refractivity contribution in [2.24, 2.45) is 22.9 Å². The summed E-state index contributed by atoms with van der Waals surface area (Å²) in [5, 5.41) is 39.0. The van der Waals surface area contributed by atoms with Crippen molar-refractivity contribution in [2.75, 3.05) is 45.9 Å². The molecule has 2 amide bonds. The molecule has 67 heavy (non-hydrogen) atoms. The van der Waals surface area contributed by atoms with E-state index < -0.39 is 46.4 Å². The first-order chi connectivity index (χ1) is 32.2. The number of aliphatic hydroxyl groups is 2. The summed E-state index contributed by atoms with van der Waals surface area (Å²) in [6.45, 7) is 11.9. The minimum Gasteiger partial charge on any atom is -0.497 e. The molecular formula is C50H64N4O13. The quantitative estimate of drug-likeness (QED) is 0.0394. The van der Waals surface area contributed by atoms with E-state index in [9.17, 15) is 29.9 Å². The van der Waals surface area contributed by atoms with Crippen molar-refractivity contribution in [3.8, 4) is 28.7 Å². The number of carbonyl (C=O) groups is 2. The number of aliphatic hydroxyl groups excluding tert-OH is 2. The Morgan fingerprint density at radius 2 is 1.67 bits per heavy atom. The van der Waals surface area contributed by atoms with Gasteiger partial charge in [-0.2, -0.15) is 0 Å². The van der Waals surface area contributed by atoms with E-state index in [1.54, 1.807) is 41.3 Å². The highest BCUT2D eigenvalue weighted by Crippen LogP contribution is 2.62. The van der Waals surface area contributed by atoms with Crippen molar-refractivity contribution in [3.63, 3.8) is 0 Å². The Morgan fingerprint density at radius 1 is 0.970 bits per heavy atom. The van der Waals surface area contributed by atoms with Crippen LogP contribution in [0, 0.1) is 27.9 Å². The van der Waals surface area contributed by atoms with Crippen molar-refractivity contribution >= 4 is 29.3 Å². The third kappa shape index (κ3) is 11.7. The minimum absolute atomic E-state index is 0.0150. The van der Waals surface area contributed by atoms with Gasteiger partial charge in [0.1, 0.15) is 40.4 Å². The summed E-state index contributed by atoms with van der Waals surface area (Å²) in [5.74, 6) is -1.06. The maximum Gasteiger partial charge on any atom is 0.417 e. The number of nitrogens with one attached hydrogen (secondary N) is 1. The predicted octanol–water partition coefficient (Wildman–Crippen LogP) is 9.57. The summed E-state index contributed by atoms with van der Waals surface area (Å²) in [5.41, 5.74) is 1.69. The second-order valence-corrected chi connectivity index (χ2v) is 17.9. The normalized spacial score (nSPS) is 22.2. The zero-order valence-electron chi connectivity index (χ0n) is 39.2. The van der Waals surface area contributed by atoms with Crippen molar-refractivity contribution in [1.29, 1.82) is 0 Å². The number of ether oxygens (including phenoxy) is 6. The number of allylic oxidation sites excluding steroid dienone is 1. The smallest absolute Gasteiger partial charge is 0.417 e. The molecule has 17 nitrogen and oxygen atoms in total. The highest BCUT2D eigenvalue weighted by molar-refractivity contribution is 6.03. The molecule has 3 N–H and O–H groups in total. The van der Waals surface area contributed by atoms with E-state index in [1.165, 1.54) is 38.5 Å². The maximum absolute atomic E-state index is 14.7. The molecule has 362 valence electrons. The van der Waals surface area contributed by atoms with E-state index >= 15 is 0 Å². The van der Waals surface area contributed by atoms with Crippen LogP contribution in [0.1, 0.15) is 90.5 Å². The molecule has 1 heterocycles. The molecule has 1 fully saturated rings. The standard InChI is InChI=1S/C50H64N4O13/c1-8-24-53(48(58)65-34-18-16-33(17-19-34)54(59)60)44-31-41(52-67-49(3,4)5)38-28-32(14-10-12-25-55)37(15-11-13-26-56)45-39-29-36(21-23-42(39)66-50(44,46(38)45)63-27-9-2)64-47(57)51-40-22-20-35(61-6)30-43(40)62-7/h9,16-23,28-30,32,37,44-46,55-56H,2,8,10-15,24-27,31H2,1,3-7H3,(H,51,57)/t32-,37+,44-,45+,46+,50+/m0/s1. The van der Waals surface area contributed by atoms with Crippen LogP contribution in [0.15, 0.2) is 90.1 Å². The van der Waals surface area contributed by atoms with Crippen LogP contribution in [0.25, 0.3) is 0 Å². The van der Waals surface area contributed by atoms with Crippen molar-refractivity contribution in [2.45, 2.75) is 102 Å². The lowest BCUT2D eigenvalue weighted by molar-refractivity contribution is -0.384. The number of unbranched alkanes of at least 4 members (excludes halogenated alkanes) is 2. The van der Waals surface area contributed by atoms with E-state index in [2.05, 4.69) is 18.0 Å². The Morgan fingerprint density at radius 3 is 2.31 bits per heavy atom. The Balaban J connectivity index is 1.54. The van der Waals surface area contributed by atoms with Crippen LogP contribution in [-0.4, -0.2) is 95.9 Å². The van der Waals surface area contributed by atoms with E-state index in [0.717, 1.165) is 24.0 Å². The lowest BCUT2D eigenvalue weighted by atomic mass is 9.55. The average molecular weight is 929 g/mol. The summed E-state index contributed by atoms with van der Waals surface area (Å²) in [7, 11) is 3.02. The number of nitro benzene ring substituents is 1. The van der Waals surface area contributed by atoms with Gasteiger partial charge in [-0.05, 0) is 113 Å². The predicted molar refractivity (Wildman–Crippen MR) is 251 cm³/mol. The first-order valence-corrected chi connectivity index (χ1v) is 22.9. The van der Waals surface area contributed by atoms with E-state index in [4.69, 9.17) is 38.4 Å². The van der Waals surface area contributed by atoms with Gasteiger partial charge in [-0.25, -0.2) is 9.59 Å². The van der Waals surface area contributed by atoms with E-state index in [0.29, 0.717) is 60.8 Å². The van der Waals surface area contributed by atoms with E-state index in [1.807, 2.05) is 33.8 Å². The summed E-state index contributed by atoms with van der Waals surface area (Å²) >= 11 is 0. The van der Waals surface area contributed by atoms with Crippen LogP contribution in [0.2, 0.25) is 0 Å². The van der Waals surface area contributed by atoms with Gasteiger partial charge >= 0.3 is 12.2 Å². The van der Waals surface area contributed by atoms with Crippen LogP contribution in [0.3, 0.4) is 0 Å². The van der Waals surface area contributed by atoms with Crippen molar-refractivity contribution in [3.05, 3.63) is 101 Å². The molecule has 1 aliphatic heterocycles. The molecule has 3 aromatic rings. The second-order valence-electron chi connectivity index (χ2n) is 17.9. The molecule has 0 aromatic heterocycles. The van der Waals surface area contributed by atoms with Gasteiger partial charge in [-0.1, -0.05) is 37.1 Å². The first-order valence-electron chi connectivity index (χ1n) is 22.9. The van der Waals surface area contributed by atoms with Crippen LogP contribution < -0.4 is 29.0 Å². The maximum atomic E-state index is 14.7. The van der Waals surface area contributed by atoms with Crippen molar-refractivity contribution in [1.82, 2.24) is 4.90 Å². The van der Waals surface area contributed by atoms with Gasteiger partial charge in [0.15, 0.2) is 0 Å². The lowest BCUT2D eigenvalue weighted by Crippen LogP contribution is -2.70. The number of carbonyl (C=O) groups excluding carboxylic acids is 2. The summed E-state index contributed by atoms with van der Waals surface area (Å²) in [6, 6.07) is 14.6. The van der Waals surface area contributed by atoms with Gasteiger partial charge in [0.25, 0.3) is 5.69 Å². The van der Waals surface area contributed by atoms with Crippen molar-refractivity contribution < 1.29 is 58.0 Å². The molecule has 0 unspecified atom stereocenters. The third-order valence-corrected chi connectivity index (χ3v) is 12.3. The van der Waals surface area contributed by atoms with Crippen LogP contribution in [0.5, 0.6) is 28.7 Å². The molecule has 3 aromatic carbocycles. The number of amides is 2. The number of hydrogen-bond acceptors (Lipinski definition) is 14. The topological polar surface area (TPSA) is 210 Å². The number of anilines is 1. The molecule has 17 heteroatoms. The number of non-ortho nitro benzene ring substituents is 1. The number of rotatable bonds is 21. The number of benzene rings is 3. The molecule has 0 spiro atoms. The molecule has 0 saturated heterocycles. The minimum atomic E-state index is -1.59. The molecular weight excluding hydrogens is 865 g/mol. The van der Waals surface area contributed by atoms with Gasteiger partial charge < -0.3 is 43.5 Å². The fourth-order valence-corrected chi connectivity index (χ4v) is 9.46. The molecule has 2 aliphatic carbocycles. The van der Waals surface area contributed by atoms with E-state index in [-0.39, 0.29) is 61.8 Å². The molecule has 0 radical (unpaired) electrons. The van der Waals surface area contributed by atoms with Crippen LogP contribution in [-0.2, 0) is 9.57 Å². The van der Waals surface area contributed by atoms with Gasteiger partial charge in [0.05, 0.1) is 43.1 Å². The number of oxime groups is 1. The Labute approximate surface area is 391 Å². The number of nitrogens with zero attached hydrogens (tertiary/aromatic N) is 3. The molecule has 6 rings (SSSR count). The summed E-state index contributed by atoms with van der Waals surface area (Å²) < 4.78 is 37.0. The monoisotopic (exact) mass is 928 g/mol. The first kappa shape index (κ1) is 50.2. The summed E-state index contributed by atoms with van der Waals surface area (Å²) in [4.78, 5) is 46.9. The number of fused-ring (bicyclic) bond motifs is 2. The molecule has 0 bridgehead atoms. The van der Waals surface area contributed by atoms with Crippen LogP contribution >= 0.6 is 0 Å². The van der Waals surface area contributed by atoms with Gasteiger partial charge in [-0.15, -0.1) is 6.58 Å².